The molecule has 5 rings (SSSR count). The second-order valence-electron chi connectivity index (χ2n) is 10.2. The molecule has 2 aliphatic rings. The lowest BCUT2D eigenvalue weighted by molar-refractivity contribution is -0.141. The zero-order valence-electron chi connectivity index (χ0n) is 21.8. The number of amides is 3. The van der Waals surface area contributed by atoms with Crippen molar-refractivity contribution < 1.29 is 22.8 Å². The van der Waals surface area contributed by atoms with Gasteiger partial charge in [0.1, 0.15) is 17.5 Å². The van der Waals surface area contributed by atoms with Crippen molar-refractivity contribution in [1.29, 1.82) is 0 Å². The van der Waals surface area contributed by atoms with Crippen LogP contribution in [0, 0.1) is 0 Å². The van der Waals surface area contributed by atoms with E-state index in [-0.39, 0.29) is 35.4 Å². The van der Waals surface area contributed by atoms with Gasteiger partial charge in [-0.1, -0.05) is 79.0 Å². The molecule has 40 heavy (non-hydrogen) atoms. The highest BCUT2D eigenvalue weighted by molar-refractivity contribution is 7.90. The second-order valence-corrected chi connectivity index (χ2v) is 12.4. The quantitative estimate of drug-likeness (QED) is 0.409. The lowest BCUT2D eigenvalue weighted by atomic mass is 10.0. The van der Waals surface area contributed by atoms with Gasteiger partial charge in [0.05, 0.1) is 5.56 Å². The van der Waals surface area contributed by atoms with E-state index in [1.54, 1.807) is 30.3 Å². The fraction of sp³-hybridized carbons (Fsp3) is 0.300. The van der Waals surface area contributed by atoms with Crippen LogP contribution in [-0.2, 0) is 32.6 Å². The van der Waals surface area contributed by atoms with E-state index < -0.39 is 34.4 Å². The van der Waals surface area contributed by atoms with Crippen LogP contribution < -0.4 is 5.32 Å². The molecule has 8 nitrogen and oxygen atoms in total. The molecule has 0 bridgehead atoms. The third kappa shape index (κ3) is 5.90. The summed E-state index contributed by atoms with van der Waals surface area (Å²) in [6, 6.07) is 21.2. The maximum absolute atomic E-state index is 14.0. The molecule has 1 heterocycles. The van der Waals surface area contributed by atoms with Gasteiger partial charge >= 0.3 is 0 Å². The summed E-state index contributed by atoms with van der Waals surface area (Å²) < 4.78 is 27.0. The molecule has 0 spiro atoms. The van der Waals surface area contributed by atoms with Gasteiger partial charge in [-0.05, 0) is 48.2 Å². The summed E-state index contributed by atoms with van der Waals surface area (Å²) >= 11 is 6.22. The van der Waals surface area contributed by atoms with Crippen LogP contribution in [0.2, 0.25) is 5.02 Å². The lowest BCUT2D eigenvalue weighted by Crippen LogP contribution is -2.54. The molecular formula is C30H30ClN3O5S. The number of nitrogens with zero attached hydrogens (tertiary/aromatic N) is 2. The summed E-state index contributed by atoms with van der Waals surface area (Å²) in [5.41, 5.74) is 1.54. The Morgan fingerprint density at radius 1 is 0.950 bits per heavy atom. The molecule has 1 unspecified atom stereocenters. The molecule has 0 saturated heterocycles. The SMILES string of the molecule is O=C(NC1CCCC1)C(Cc1ccccc1)N(Cc1cccc(Cl)c1)C(=O)CN1C(=O)c2ccccc2S1(=O)=O. The first kappa shape index (κ1) is 27.9. The number of carbonyl (C=O) groups excluding carboxylic acids is 3. The summed E-state index contributed by atoms with van der Waals surface area (Å²) in [4.78, 5) is 42.1. The number of fused-ring (bicyclic) bond motifs is 1. The molecular weight excluding hydrogens is 550 g/mol. The van der Waals surface area contributed by atoms with Crippen LogP contribution in [-0.4, -0.2) is 54.0 Å². The Bertz CT molecular complexity index is 1520. The number of sulfonamides is 1. The Hall–Kier alpha value is -3.69. The monoisotopic (exact) mass is 579 g/mol. The van der Waals surface area contributed by atoms with Crippen molar-refractivity contribution in [3.8, 4) is 0 Å². The van der Waals surface area contributed by atoms with Gasteiger partial charge in [-0.25, -0.2) is 12.7 Å². The fourth-order valence-electron chi connectivity index (χ4n) is 5.35. The molecule has 1 saturated carbocycles. The molecule has 1 aliphatic carbocycles. The average molecular weight is 580 g/mol. The number of hydrogen-bond acceptors (Lipinski definition) is 5. The number of nitrogens with one attached hydrogen (secondary N) is 1. The standard InChI is InChI=1S/C30H30ClN3O5S/c31-23-12-8-11-22(17-23)19-33(28(35)20-34-30(37)25-15-6-7-16-27(25)40(34,38)39)26(18-21-9-2-1-3-10-21)29(36)32-24-13-4-5-14-24/h1-3,6-12,15-17,24,26H,4-5,13-14,18-20H2,(H,32,36). The van der Waals surface area contributed by atoms with Gasteiger partial charge in [0.2, 0.25) is 11.8 Å². The maximum Gasteiger partial charge on any atom is 0.269 e. The first-order chi connectivity index (χ1) is 19.2. The third-order valence-electron chi connectivity index (χ3n) is 7.41. The van der Waals surface area contributed by atoms with Crippen molar-refractivity contribution in [2.24, 2.45) is 0 Å². The Labute approximate surface area is 239 Å². The molecule has 3 amide bonds. The highest BCUT2D eigenvalue weighted by Crippen LogP contribution is 2.30. The van der Waals surface area contributed by atoms with Gasteiger partial charge in [0.15, 0.2) is 0 Å². The maximum atomic E-state index is 14.0. The largest absolute Gasteiger partial charge is 0.352 e. The van der Waals surface area contributed by atoms with E-state index in [0.29, 0.717) is 14.9 Å². The lowest BCUT2D eigenvalue weighted by Gasteiger charge is -2.33. The van der Waals surface area contributed by atoms with Crippen LogP contribution in [0.4, 0.5) is 0 Å². The first-order valence-corrected chi connectivity index (χ1v) is 15.1. The predicted octanol–water partition coefficient (Wildman–Crippen LogP) is 4.18. The van der Waals surface area contributed by atoms with Crippen molar-refractivity contribution in [3.63, 3.8) is 0 Å². The van der Waals surface area contributed by atoms with E-state index in [1.807, 2.05) is 30.3 Å². The zero-order valence-corrected chi connectivity index (χ0v) is 23.4. The molecule has 3 aromatic rings. The third-order valence-corrected chi connectivity index (χ3v) is 9.43. The van der Waals surface area contributed by atoms with Gasteiger partial charge in [-0.3, -0.25) is 14.4 Å². The van der Waals surface area contributed by atoms with E-state index in [2.05, 4.69) is 5.32 Å². The van der Waals surface area contributed by atoms with E-state index in [9.17, 15) is 22.8 Å². The molecule has 0 aromatic heterocycles. The van der Waals surface area contributed by atoms with Crippen molar-refractivity contribution in [3.05, 3.63) is 101 Å². The van der Waals surface area contributed by atoms with Crippen molar-refractivity contribution in [2.75, 3.05) is 6.54 Å². The summed E-state index contributed by atoms with van der Waals surface area (Å²) in [6.07, 6.45) is 3.99. The minimum absolute atomic E-state index is 0.00397. The number of benzene rings is 3. The van der Waals surface area contributed by atoms with Crippen LogP contribution in [0.3, 0.4) is 0 Å². The van der Waals surface area contributed by atoms with Crippen molar-refractivity contribution in [1.82, 2.24) is 14.5 Å². The minimum Gasteiger partial charge on any atom is -0.352 e. The van der Waals surface area contributed by atoms with E-state index in [0.717, 1.165) is 31.2 Å². The smallest absolute Gasteiger partial charge is 0.269 e. The number of carbonyl (C=O) groups is 3. The molecule has 208 valence electrons. The van der Waals surface area contributed by atoms with Crippen LogP contribution in [0.15, 0.2) is 83.8 Å². The van der Waals surface area contributed by atoms with Gasteiger partial charge in [-0.15, -0.1) is 0 Å². The van der Waals surface area contributed by atoms with Crippen LogP contribution in [0.25, 0.3) is 0 Å². The zero-order chi connectivity index (χ0) is 28.3. The van der Waals surface area contributed by atoms with Crippen molar-refractivity contribution >= 4 is 39.3 Å². The Morgan fingerprint density at radius 2 is 1.62 bits per heavy atom. The normalized spacial score (nSPS) is 16.9. The summed E-state index contributed by atoms with van der Waals surface area (Å²) in [5.74, 6) is -1.74. The number of hydrogen-bond donors (Lipinski definition) is 1. The van der Waals surface area contributed by atoms with Gasteiger partial charge in [0.25, 0.3) is 15.9 Å². The Kier molecular flexibility index (Phi) is 8.23. The molecule has 1 atom stereocenters. The average Bonchev–Trinajstić information content (AvgIpc) is 3.52. The van der Waals surface area contributed by atoms with Gasteiger partial charge in [-0.2, -0.15) is 0 Å². The van der Waals surface area contributed by atoms with E-state index in [1.165, 1.54) is 23.1 Å². The molecule has 1 aliphatic heterocycles. The molecule has 1 fully saturated rings. The summed E-state index contributed by atoms with van der Waals surface area (Å²) in [6.45, 7) is -0.720. The minimum atomic E-state index is -4.21. The van der Waals surface area contributed by atoms with Gasteiger partial charge in [0, 0.05) is 24.0 Å². The highest BCUT2D eigenvalue weighted by atomic mass is 35.5. The molecule has 3 aromatic carbocycles. The summed E-state index contributed by atoms with van der Waals surface area (Å²) in [5, 5.41) is 3.57. The first-order valence-electron chi connectivity index (χ1n) is 13.3. The van der Waals surface area contributed by atoms with Crippen LogP contribution in [0.1, 0.15) is 47.2 Å². The summed E-state index contributed by atoms with van der Waals surface area (Å²) in [7, 11) is -4.21. The van der Waals surface area contributed by atoms with E-state index in [4.69, 9.17) is 11.6 Å². The van der Waals surface area contributed by atoms with Gasteiger partial charge < -0.3 is 10.2 Å². The number of halogens is 1. The topological polar surface area (TPSA) is 104 Å². The second kappa shape index (κ2) is 11.8. The van der Waals surface area contributed by atoms with Crippen LogP contribution >= 0.6 is 11.6 Å². The van der Waals surface area contributed by atoms with Crippen LogP contribution in [0.5, 0.6) is 0 Å². The Morgan fingerprint density at radius 3 is 2.33 bits per heavy atom. The molecule has 0 radical (unpaired) electrons. The Balaban J connectivity index is 1.50. The highest BCUT2D eigenvalue weighted by Gasteiger charge is 2.43. The molecule has 10 heteroatoms. The number of rotatable bonds is 9. The predicted molar refractivity (Wildman–Crippen MR) is 151 cm³/mol. The molecule has 1 N–H and O–H groups in total. The fourth-order valence-corrected chi connectivity index (χ4v) is 7.09. The van der Waals surface area contributed by atoms with Crippen molar-refractivity contribution in [2.45, 2.75) is 55.6 Å². The van der Waals surface area contributed by atoms with E-state index >= 15 is 0 Å².